The minimum atomic E-state index is -0.567. The van der Waals surface area contributed by atoms with Crippen LogP contribution in [0.3, 0.4) is 0 Å². The van der Waals surface area contributed by atoms with Crippen molar-refractivity contribution in [2.45, 2.75) is 25.9 Å². The van der Waals surface area contributed by atoms with Crippen molar-refractivity contribution in [3.05, 3.63) is 81.0 Å². The summed E-state index contributed by atoms with van der Waals surface area (Å²) in [6.45, 7) is 4.16. The molecule has 2 aromatic carbocycles. The van der Waals surface area contributed by atoms with Gasteiger partial charge in [-0.05, 0) is 42.2 Å². The van der Waals surface area contributed by atoms with Crippen LogP contribution < -0.4 is 10.6 Å². The Kier molecular flexibility index (Phi) is 6.20. The fraction of sp³-hybridized carbons (Fsp3) is 0.304. The number of ether oxygens (including phenoxy) is 1. The number of carbonyl (C=O) groups is 2. The number of carbonyl (C=O) groups excluding carboxylic acids is 2. The second kappa shape index (κ2) is 9.02. The quantitative estimate of drug-likeness (QED) is 0.655. The molecule has 1 atom stereocenters. The average molecular weight is 470 g/mol. The highest BCUT2D eigenvalue weighted by molar-refractivity contribution is 9.10. The zero-order valence-corrected chi connectivity index (χ0v) is 18.4. The first-order valence-corrected chi connectivity index (χ1v) is 10.9. The van der Waals surface area contributed by atoms with Gasteiger partial charge in [-0.3, -0.25) is 4.90 Å². The fourth-order valence-electron chi connectivity index (χ4n) is 4.04. The number of halogens is 1. The molecule has 2 aliphatic rings. The van der Waals surface area contributed by atoms with Crippen molar-refractivity contribution in [3.8, 4) is 0 Å². The second-order valence-electron chi connectivity index (χ2n) is 7.43. The minimum absolute atomic E-state index is 0.270. The van der Waals surface area contributed by atoms with Crippen LogP contribution in [0.5, 0.6) is 0 Å². The Morgan fingerprint density at radius 3 is 2.77 bits per heavy atom. The average Bonchev–Trinajstić information content (AvgIpc) is 2.73. The van der Waals surface area contributed by atoms with Crippen molar-refractivity contribution in [3.63, 3.8) is 0 Å². The van der Waals surface area contributed by atoms with E-state index in [4.69, 9.17) is 4.74 Å². The van der Waals surface area contributed by atoms with Crippen molar-refractivity contribution in [2.24, 2.45) is 0 Å². The lowest BCUT2D eigenvalue weighted by Crippen LogP contribution is -2.49. The third-order valence-corrected chi connectivity index (χ3v) is 5.92. The van der Waals surface area contributed by atoms with Crippen LogP contribution in [-0.2, 0) is 22.5 Å². The van der Waals surface area contributed by atoms with Gasteiger partial charge in [0.25, 0.3) is 0 Å². The molecule has 0 aliphatic carbocycles. The number of hydrogen-bond acceptors (Lipinski definition) is 4. The lowest BCUT2D eigenvalue weighted by atomic mass is 9.94. The molecule has 2 heterocycles. The maximum atomic E-state index is 12.9. The molecule has 2 amide bonds. The van der Waals surface area contributed by atoms with Crippen LogP contribution in [0.1, 0.15) is 29.7 Å². The van der Waals surface area contributed by atoms with Gasteiger partial charge in [0.1, 0.15) is 0 Å². The molecule has 0 spiro atoms. The van der Waals surface area contributed by atoms with Gasteiger partial charge in [-0.2, -0.15) is 0 Å². The molecule has 0 aromatic heterocycles. The molecule has 7 heteroatoms. The normalized spacial score (nSPS) is 19.0. The first-order chi connectivity index (χ1) is 14.5. The maximum Gasteiger partial charge on any atom is 0.338 e. The largest absolute Gasteiger partial charge is 0.463 e. The van der Waals surface area contributed by atoms with Crippen LogP contribution in [0, 0.1) is 0 Å². The maximum absolute atomic E-state index is 12.9. The zero-order chi connectivity index (χ0) is 21.1. The van der Waals surface area contributed by atoms with Gasteiger partial charge in [0.2, 0.25) is 0 Å². The fourth-order valence-corrected chi connectivity index (χ4v) is 4.46. The molecule has 0 saturated heterocycles. The Morgan fingerprint density at radius 2 is 2.00 bits per heavy atom. The van der Waals surface area contributed by atoms with Crippen LogP contribution in [0.2, 0.25) is 0 Å². The molecule has 0 bridgehead atoms. The summed E-state index contributed by atoms with van der Waals surface area (Å²) in [4.78, 5) is 27.6. The van der Waals surface area contributed by atoms with Gasteiger partial charge in [-0.25, -0.2) is 9.59 Å². The number of esters is 1. The Morgan fingerprint density at radius 1 is 1.20 bits per heavy atom. The van der Waals surface area contributed by atoms with Gasteiger partial charge in [0.15, 0.2) is 0 Å². The summed E-state index contributed by atoms with van der Waals surface area (Å²) in [5, 5.41) is 5.75. The van der Waals surface area contributed by atoms with E-state index in [-0.39, 0.29) is 12.6 Å². The Balaban J connectivity index is 1.68. The van der Waals surface area contributed by atoms with Crippen LogP contribution in [0.4, 0.5) is 4.79 Å². The third kappa shape index (κ3) is 4.42. The second-order valence-corrected chi connectivity index (χ2v) is 8.34. The number of nitrogens with one attached hydrogen (secondary N) is 2. The van der Waals surface area contributed by atoms with Gasteiger partial charge in [0, 0.05) is 29.8 Å². The Hall–Kier alpha value is -2.64. The van der Waals surface area contributed by atoms with Crippen LogP contribution in [0.15, 0.2) is 64.3 Å². The molecule has 0 radical (unpaired) electrons. The van der Waals surface area contributed by atoms with Gasteiger partial charge in [-0.1, -0.05) is 52.3 Å². The Bertz CT molecular complexity index is 1000. The molecular formula is C23H24BrN3O3. The number of benzene rings is 2. The van der Waals surface area contributed by atoms with Crippen LogP contribution >= 0.6 is 15.9 Å². The van der Waals surface area contributed by atoms with E-state index in [0.717, 1.165) is 29.5 Å². The van der Waals surface area contributed by atoms with E-state index >= 15 is 0 Å². The summed E-state index contributed by atoms with van der Waals surface area (Å²) in [5.41, 5.74) is 4.51. The molecule has 6 nitrogen and oxygen atoms in total. The number of fused-ring (bicyclic) bond motifs is 1. The van der Waals surface area contributed by atoms with E-state index in [9.17, 15) is 9.59 Å². The molecule has 2 N–H and O–H groups in total. The molecule has 2 aromatic rings. The van der Waals surface area contributed by atoms with Gasteiger partial charge < -0.3 is 15.4 Å². The van der Waals surface area contributed by atoms with E-state index < -0.39 is 12.0 Å². The van der Waals surface area contributed by atoms with Crippen molar-refractivity contribution < 1.29 is 14.3 Å². The summed E-state index contributed by atoms with van der Waals surface area (Å²) in [7, 11) is 0. The minimum Gasteiger partial charge on any atom is -0.463 e. The highest BCUT2D eigenvalue weighted by atomic mass is 79.9. The van der Waals surface area contributed by atoms with Crippen molar-refractivity contribution in [1.29, 1.82) is 0 Å². The predicted molar refractivity (Wildman–Crippen MR) is 118 cm³/mol. The number of hydrogen-bond donors (Lipinski definition) is 2. The van der Waals surface area contributed by atoms with Gasteiger partial charge >= 0.3 is 12.0 Å². The smallest absolute Gasteiger partial charge is 0.338 e. The summed E-state index contributed by atoms with van der Waals surface area (Å²) >= 11 is 3.47. The number of urea groups is 1. The summed E-state index contributed by atoms with van der Waals surface area (Å²) < 4.78 is 6.24. The summed E-state index contributed by atoms with van der Waals surface area (Å²) in [6, 6.07) is 15.1. The van der Waals surface area contributed by atoms with Crippen LogP contribution in [0.25, 0.3) is 0 Å². The summed E-state index contributed by atoms with van der Waals surface area (Å²) in [6.07, 6.45) is 0.944. The first-order valence-electron chi connectivity index (χ1n) is 10.1. The molecule has 156 valence electrons. The van der Waals surface area contributed by atoms with Gasteiger partial charge in [0.05, 0.1) is 18.2 Å². The standard InChI is InChI=1S/C23H24BrN3O3/c1-2-30-22(28)20-19(14-27-11-10-15-6-3-4-7-17(15)13-27)25-23(29)26-21(20)16-8-5-9-18(24)12-16/h3-9,12,21H,2,10-11,13-14H2,1H3,(H2,25,26,29)/t21-/m0/s1. The lowest BCUT2D eigenvalue weighted by Gasteiger charge is -2.34. The van der Waals surface area contributed by atoms with Gasteiger partial charge in [-0.15, -0.1) is 0 Å². The van der Waals surface area contributed by atoms with E-state index in [1.165, 1.54) is 11.1 Å². The molecule has 0 saturated carbocycles. The number of nitrogens with zero attached hydrogens (tertiary/aromatic N) is 1. The highest BCUT2D eigenvalue weighted by Crippen LogP contribution is 2.30. The molecular weight excluding hydrogens is 446 g/mol. The molecule has 4 rings (SSSR count). The molecule has 2 aliphatic heterocycles. The monoisotopic (exact) mass is 469 g/mol. The third-order valence-electron chi connectivity index (χ3n) is 5.42. The zero-order valence-electron chi connectivity index (χ0n) is 16.8. The molecule has 0 unspecified atom stereocenters. The van der Waals surface area contributed by atoms with Crippen molar-refractivity contribution in [2.75, 3.05) is 19.7 Å². The summed E-state index contributed by atoms with van der Waals surface area (Å²) in [5.74, 6) is -0.414. The first kappa shape index (κ1) is 20.6. The van der Waals surface area contributed by atoms with Crippen molar-refractivity contribution in [1.82, 2.24) is 15.5 Å². The number of amides is 2. The van der Waals surface area contributed by atoms with Crippen LogP contribution in [-0.4, -0.2) is 36.6 Å². The van der Waals surface area contributed by atoms with E-state index in [1.807, 2.05) is 30.3 Å². The number of rotatable bonds is 5. The van der Waals surface area contributed by atoms with E-state index in [1.54, 1.807) is 6.92 Å². The predicted octanol–water partition coefficient (Wildman–Crippen LogP) is 3.68. The Labute approximate surface area is 184 Å². The highest BCUT2D eigenvalue weighted by Gasteiger charge is 2.34. The van der Waals surface area contributed by atoms with E-state index in [0.29, 0.717) is 17.8 Å². The lowest BCUT2D eigenvalue weighted by molar-refractivity contribution is -0.139. The van der Waals surface area contributed by atoms with E-state index in [2.05, 4.69) is 49.7 Å². The van der Waals surface area contributed by atoms with Crippen molar-refractivity contribution >= 4 is 27.9 Å². The molecule has 0 fully saturated rings. The topological polar surface area (TPSA) is 70.7 Å². The SMILES string of the molecule is CCOC(=O)C1=C(CN2CCc3ccccc3C2)NC(=O)N[C@H]1c1cccc(Br)c1. The molecule has 30 heavy (non-hydrogen) atoms.